The van der Waals surface area contributed by atoms with Gasteiger partial charge in [0, 0.05) is 0 Å². The minimum absolute atomic E-state index is 0.273. The first kappa shape index (κ1) is 9.20. The summed E-state index contributed by atoms with van der Waals surface area (Å²) in [4.78, 5) is 11.2. The van der Waals surface area contributed by atoms with E-state index >= 15 is 0 Å². The average Bonchev–Trinajstić information content (AvgIpc) is 2.24. The van der Waals surface area contributed by atoms with Gasteiger partial charge >= 0.3 is 0 Å². The number of carbonyl (C=O) groups excluding carboxylic acids is 1. The van der Waals surface area contributed by atoms with Crippen molar-refractivity contribution in [3.8, 4) is 0 Å². The molecule has 14 heavy (non-hydrogen) atoms. The Labute approximate surface area is 84.5 Å². The number of carbonyl (C=O) groups is 1. The van der Waals surface area contributed by atoms with Gasteiger partial charge in [0.15, 0.2) is 0 Å². The maximum absolute atomic E-state index is 11.2. The zero-order chi connectivity index (χ0) is 10.2. The molecule has 0 fully saturated rings. The third-order valence-electron chi connectivity index (χ3n) is 3.30. The van der Waals surface area contributed by atoms with Crippen LogP contribution in [0.5, 0.6) is 0 Å². The number of hydrogen-bond acceptors (Lipinski definition) is 1. The maximum Gasteiger partial charge on any atom is 0.130 e. The van der Waals surface area contributed by atoms with Crippen LogP contribution in [-0.2, 0) is 10.2 Å². The van der Waals surface area contributed by atoms with Crippen LogP contribution in [-0.4, -0.2) is 6.29 Å². The second kappa shape index (κ2) is 3.09. The Bertz CT molecular complexity index is 392. The molecule has 0 radical (unpaired) electrons. The van der Waals surface area contributed by atoms with E-state index in [1.807, 2.05) is 25.1 Å². The van der Waals surface area contributed by atoms with Gasteiger partial charge in [-0.3, -0.25) is 0 Å². The normalized spacial score (nSPS) is 29.7. The zero-order valence-electron chi connectivity index (χ0n) is 8.53. The van der Waals surface area contributed by atoms with Crippen molar-refractivity contribution in [3.63, 3.8) is 0 Å². The van der Waals surface area contributed by atoms with Crippen LogP contribution in [0.25, 0.3) is 6.08 Å². The first-order valence-electron chi connectivity index (χ1n) is 4.92. The standard InChI is InChI=1S/C13H14O/c1-10-7-8-11-5-3-4-6-12(11)13(10,2)9-14/h3-10H,1-2H3/t10-,13-/m1/s1. The summed E-state index contributed by atoms with van der Waals surface area (Å²) in [6.45, 7) is 4.09. The molecule has 0 heterocycles. The summed E-state index contributed by atoms with van der Waals surface area (Å²) in [5, 5.41) is 0. The van der Waals surface area contributed by atoms with Crippen LogP contribution >= 0.6 is 0 Å². The largest absolute Gasteiger partial charge is 0.302 e. The van der Waals surface area contributed by atoms with Gasteiger partial charge < -0.3 is 4.79 Å². The minimum Gasteiger partial charge on any atom is -0.302 e. The molecule has 0 spiro atoms. The van der Waals surface area contributed by atoms with Crippen LogP contribution in [0.3, 0.4) is 0 Å². The minimum atomic E-state index is -0.356. The van der Waals surface area contributed by atoms with Crippen molar-refractivity contribution in [1.29, 1.82) is 0 Å². The number of benzene rings is 1. The third-order valence-corrected chi connectivity index (χ3v) is 3.30. The number of rotatable bonds is 1. The van der Waals surface area contributed by atoms with Crippen molar-refractivity contribution in [3.05, 3.63) is 41.5 Å². The van der Waals surface area contributed by atoms with E-state index in [9.17, 15) is 4.79 Å². The van der Waals surface area contributed by atoms with E-state index in [0.717, 1.165) is 11.8 Å². The quantitative estimate of drug-likeness (QED) is 0.616. The second-order valence-electron chi connectivity index (χ2n) is 4.14. The molecule has 0 aromatic heterocycles. The highest BCUT2D eigenvalue weighted by Crippen LogP contribution is 2.37. The Balaban J connectivity index is 2.65. The molecule has 1 nitrogen and oxygen atoms in total. The van der Waals surface area contributed by atoms with Gasteiger partial charge in [-0.25, -0.2) is 0 Å². The van der Waals surface area contributed by atoms with Crippen LogP contribution in [0, 0.1) is 5.92 Å². The van der Waals surface area contributed by atoms with Gasteiger partial charge in [-0.1, -0.05) is 43.3 Å². The Morgan fingerprint density at radius 2 is 2.07 bits per heavy atom. The molecule has 0 bridgehead atoms. The molecule has 2 rings (SSSR count). The van der Waals surface area contributed by atoms with Crippen LogP contribution in [0.15, 0.2) is 30.3 Å². The molecular weight excluding hydrogens is 172 g/mol. The molecule has 0 aliphatic heterocycles. The van der Waals surface area contributed by atoms with Crippen LogP contribution in [0.2, 0.25) is 0 Å². The molecule has 1 aliphatic carbocycles. The lowest BCUT2D eigenvalue weighted by Gasteiger charge is -2.33. The fourth-order valence-electron chi connectivity index (χ4n) is 2.00. The summed E-state index contributed by atoms with van der Waals surface area (Å²) in [5.74, 6) is 0.273. The van der Waals surface area contributed by atoms with Crippen molar-refractivity contribution >= 4 is 12.4 Å². The molecule has 0 saturated carbocycles. The van der Waals surface area contributed by atoms with Crippen molar-refractivity contribution < 1.29 is 4.79 Å². The van der Waals surface area contributed by atoms with Crippen LogP contribution < -0.4 is 0 Å². The maximum atomic E-state index is 11.2. The fraction of sp³-hybridized carbons (Fsp3) is 0.308. The number of allylic oxidation sites excluding steroid dienone is 1. The van der Waals surface area contributed by atoms with Crippen molar-refractivity contribution in [2.75, 3.05) is 0 Å². The molecule has 1 heteroatoms. The topological polar surface area (TPSA) is 17.1 Å². The Morgan fingerprint density at radius 3 is 2.79 bits per heavy atom. The van der Waals surface area contributed by atoms with Crippen molar-refractivity contribution in [2.24, 2.45) is 5.92 Å². The highest BCUT2D eigenvalue weighted by molar-refractivity contribution is 5.75. The third kappa shape index (κ3) is 1.12. The van der Waals surface area contributed by atoms with Gasteiger partial charge in [0.25, 0.3) is 0 Å². The van der Waals surface area contributed by atoms with Crippen LogP contribution in [0.1, 0.15) is 25.0 Å². The van der Waals surface area contributed by atoms with E-state index in [4.69, 9.17) is 0 Å². The molecule has 0 saturated heterocycles. The van der Waals surface area contributed by atoms with E-state index < -0.39 is 0 Å². The summed E-state index contributed by atoms with van der Waals surface area (Å²) in [5.41, 5.74) is 1.95. The summed E-state index contributed by atoms with van der Waals surface area (Å²) in [6, 6.07) is 8.10. The van der Waals surface area contributed by atoms with Crippen molar-refractivity contribution in [2.45, 2.75) is 19.3 Å². The Hall–Kier alpha value is -1.37. The highest BCUT2D eigenvalue weighted by atomic mass is 16.1. The van der Waals surface area contributed by atoms with E-state index in [1.165, 1.54) is 5.56 Å². The number of hydrogen-bond donors (Lipinski definition) is 0. The molecule has 2 atom stereocenters. The van der Waals surface area contributed by atoms with Crippen LogP contribution in [0.4, 0.5) is 0 Å². The molecule has 1 aliphatic rings. The predicted octanol–water partition coefficient (Wildman–Crippen LogP) is 2.81. The van der Waals surface area contributed by atoms with Gasteiger partial charge in [-0.15, -0.1) is 0 Å². The molecule has 0 unspecified atom stereocenters. The van der Waals surface area contributed by atoms with E-state index in [1.54, 1.807) is 0 Å². The second-order valence-corrected chi connectivity index (χ2v) is 4.14. The van der Waals surface area contributed by atoms with E-state index in [-0.39, 0.29) is 11.3 Å². The summed E-state index contributed by atoms with van der Waals surface area (Å²) < 4.78 is 0. The van der Waals surface area contributed by atoms with Crippen molar-refractivity contribution in [1.82, 2.24) is 0 Å². The van der Waals surface area contributed by atoms with Gasteiger partial charge in [-0.2, -0.15) is 0 Å². The smallest absolute Gasteiger partial charge is 0.130 e. The first-order chi connectivity index (χ1) is 6.68. The molecular formula is C13H14O. The van der Waals surface area contributed by atoms with E-state index in [2.05, 4.69) is 25.1 Å². The van der Waals surface area contributed by atoms with Gasteiger partial charge in [0.2, 0.25) is 0 Å². The molecule has 0 amide bonds. The molecule has 1 aromatic carbocycles. The zero-order valence-corrected chi connectivity index (χ0v) is 8.53. The lowest BCUT2D eigenvalue weighted by atomic mass is 9.69. The lowest BCUT2D eigenvalue weighted by Crippen LogP contribution is -2.33. The van der Waals surface area contributed by atoms with Gasteiger partial charge in [0.1, 0.15) is 6.29 Å². The summed E-state index contributed by atoms with van der Waals surface area (Å²) in [7, 11) is 0. The Kier molecular flexibility index (Phi) is 2.03. The molecule has 72 valence electrons. The number of aldehydes is 1. The average molecular weight is 186 g/mol. The lowest BCUT2D eigenvalue weighted by molar-refractivity contribution is -0.113. The SMILES string of the molecule is C[C@@H]1C=Cc2ccccc2[C@]1(C)C=O. The van der Waals surface area contributed by atoms with Gasteiger partial charge in [-0.05, 0) is 24.0 Å². The van der Waals surface area contributed by atoms with E-state index in [0.29, 0.717) is 0 Å². The predicted molar refractivity (Wildman–Crippen MR) is 58.1 cm³/mol. The summed E-state index contributed by atoms with van der Waals surface area (Å²) in [6.07, 6.45) is 5.28. The fourth-order valence-corrected chi connectivity index (χ4v) is 2.00. The molecule has 1 aromatic rings. The number of fused-ring (bicyclic) bond motifs is 1. The monoisotopic (exact) mass is 186 g/mol. The molecule has 0 N–H and O–H groups in total. The Morgan fingerprint density at radius 1 is 1.36 bits per heavy atom. The first-order valence-corrected chi connectivity index (χ1v) is 4.92. The highest BCUT2D eigenvalue weighted by Gasteiger charge is 2.34. The summed E-state index contributed by atoms with van der Waals surface area (Å²) >= 11 is 0. The van der Waals surface area contributed by atoms with Gasteiger partial charge in [0.05, 0.1) is 5.41 Å².